The number of benzene rings is 1. The minimum Gasteiger partial charge on any atom is -0.480 e. The molecular formula is C17H18N4O2. The highest BCUT2D eigenvalue weighted by molar-refractivity contribution is 5.85. The molecule has 6 heteroatoms. The summed E-state index contributed by atoms with van der Waals surface area (Å²) in [5, 5.41) is 10.7. The van der Waals surface area contributed by atoms with Gasteiger partial charge in [-0.25, -0.2) is 0 Å². The van der Waals surface area contributed by atoms with Gasteiger partial charge in [0.15, 0.2) is 0 Å². The highest BCUT2D eigenvalue weighted by Gasteiger charge is 2.20. The third-order valence-electron chi connectivity index (χ3n) is 3.86. The smallest absolute Gasteiger partial charge is 0.240 e. The minimum absolute atomic E-state index is 0.0251. The molecule has 1 amide bonds. The number of aromatic nitrogens is 3. The first-order valence-electron chi connectivity index (χ1n) is 7.36. The Morgan fingerprint density at radius 3 is 2.91 bits per heavy atom. The van der Waals surface area contributed by atoms with Crippen LogP contribution < -0.4 is 10.1 Å². The van der Waals surface area contributed by atoms with E-state index in [0.29, 0.717) is 12.3 Å². The number of pyridine rings is 1. The average molecular weight is 310 g/mol. The van der Waals surface area contributed by atoms with Crippen molar-refractivity contribution in [1.82, 2.24) is 20.5 Å². The standard InChI is InChI=1S/C17H18N4O2/c1-18-16(22)10-13(14-5-3-4-8-19-14)11-6-7-12-15(9-11)20-21-17(12)23-2/h3-9,13H,10H2,1-2H3,(H,18,22)(H,20,21)/t13-/m1/s1. The van der Waals surface area contributed by atoms with Crippen LogP contribution in [0, 0.1) is 0 Å². The number of fused-ring (bicyclic) bond motifs is 1. The van der Waals surface area contributed by atoms with Crippen molar-refractivity contribution in [3.63, 3.8) is 0 Å². The number of carbonyl (C=O) groups is 1. The molecule has 0 spiro atoms. The second-order valence-corrected chi connectivity index (χ2v) is 5.22. The fourth-order valence-electron chi connectivity index (χ4n) is 2.65. The number of aromatic amines is 1. The predicted octanol–water partition coefficient (Wildman–Crippen LogP) is 2.23. The molecule has 1 atom stereocenters. The molecule has 0 saturated carbocycles. The monoisotopic (exact) mass is 310 g/mol. The Labute approximate surface area is 133 Å². The third-order valence-corrected chi connectivity index (χ3v) is 3.86. The Hall–Kier alpha value is -2.89. The molecule has 2 N–H and O–H groups in total. The zero-order valence-electron chi connectivity index (χ0n) is 13.0. The van der Waals surface area contributed by atoms with E-state index >= 15 is 0 Å². The molecule has 0 radical (unpaired) electrons. The number of methoxy groups -OCH3 is 1. The molecule has 3 rings (SSSR count). The van der Waals surface area contributed by atoms with E-state index in [1.165, 1.54) is 0 Å². The van der Waals surface area contributed by atoms with Crippen LogP contribution in [0.15, 0.2) is 42.6 Å². The summed E-state index contributed by atoms with van der Waals surface area (Å²) in [4.78, 5) is 16.3. The van der Waals surface area contributed by atoms with Gasteiger partial charge < -0.3 is 10.1 Å². The van der Waals surface area contributed by atoms with Gasteiger partial charge in [0.2, 0.25) is 11.8 Å². The van der Waals surface area contributed by atoms with Crippen molar-refractivity contribution in [2.24, 2.45) is 0 Å². The third kappa shape index (κ3) is 3.01. The van der Waals surface area contributed by atoms with Gasteiger partial charge in [0.25, 0.3) is 0 Å². The SMILES string of the molecule is CNC(=O)C[C@H](c1ccc2c(OC)n[nH]c2c1)c1ccccn1. The molecule has 6 nitrogen and oxygen atoms in total. The lowest BCUT2D eigenvalue weighted by atomic mass is 9.91. The maximum absolute atomic E-state index is 11.9. The molecule has 0 fully saturated rings. The highest BCUT2D eigenvalue weighted by atomic mass is 16.5. The van der Waals surface area contributed by atoms with Crippen LogP contribution in [-0.4, -0.2) is 35.2 Å². The van der Waals surface area contributed by atoms with Gasteiger partial charge in [-0.3, -0.25) is 14.9 Å². The second kappa shape index (κ2) is 6.48. The molecular weight excluding hydrogens is 292 g/mol. The maximum atomic E-state index is 11.9. The average Bonchev–Trinajstić information content (AvgIpc) is 3.02. The summed E-state index contributed by atoms with van der Waals surface area (Å²) in [6.07, 6.45) is 2.08. The number of H-pyrrole nitrogens is 1. The van der Waals surface area contributed by atoms with Crippen molar-refractivity contribution in [3.05, 3.63) is 53.9 Å². The summed E-state index contributed by atoms with van der Waals surface area (Å²) < 4.78 is 5.22. The number of carbonyl (C=O) groups excluding carboxylic acids is 1. The molecule has 1 aromatic carbocycles. The summed E-state index contributed by atoms with van der Waals surface area (Å²) in [5.41, 5.74) is 2.74. The number of nitrogens with zero attached hydrogens (tertiary/aromatic N) is 2. The molecule has 2 aromatic heterocycles. The van der Waals surface area contributed by atoms with Crippen LogP contribution in [0.1, 0.15) is 23.6 Å². The number of ether oxygens (including phenoxy) is 1. The van der Waals surface area contributed by atoms with E-state index in [1.54, 1.807) is 20.4 Å². The normalized spacial score (nSPS) is 12.1. The van der Waals surface area contributed by atoms with Crippen LogP contribution in [0.25, 0.3) is 10.9 Å². The van der Waals surface area contributed by atoms with Crippen molar-refractivity contribution in [2.45, 2.75) is 12.3 Å². The van der Waals surface area contributed by atoms with Crippen molar-refractivity contribution in [3.8, 4) is 5.88 Å². The van der Waals surface area contributed by atoms with Gasteiger partial charge in [0, 0.05) is 31.3 Å². The maximum Gasteiger partial charge on any atom is 0.240 e. The zero-order valence-corrected chi connectivity index (χ0v) is 13.0. The summed E-state index contributed by atoms with van der Waals surface area (Å²) in [6.45, 7) is 0. The van der Waals surface area contributed by atoms with Crippen molar-refractivity contribution < 1.29 is 9.53 Å². The Balaban J connectivity index is 2.03. The van der Waals surface area contributed by atoms with E-state index in [2.05, 4.69) is 20.5 Å². The van der Waals surface area contributed by atoms with Crippen molar-refractivity contribution in [1.29, 1.82) is 0 Å². The van der Waals surface area contributed by atoms with E-state index in [9.17, 15) is 4.79 Å². The number of nitrogens with one attached hydrogen (secondary N) is 2. The lowest BCUT2D eigenvalue weighted by molar-refractivity contribution is -0.120. The minimum atomic E-state index is -0.116. The van der Waals surface area contributed by atoms with Gasteiger partial charge in [-0.15, -0.1) is 5.10 Å². The van der Waals surface area contributed by atoms with Crippen LogP contribution in [0.3, 0.4) is 0 Å². The van der Waals surface area contributed by atoms with E-state index in [4.69, 9.17) is 4.74 Å². The Kier molecular flexibility index (Phi) is 4.23. The molecule has 0 saturated heterocycles. The molecule has 2 heterocycles. The number of hydrogen-bond acceptors (Lipinski definition) is 4. The van der Waals surface area contributed by atoms with Crippen LogP contribution in [-0.2, 0) is 4.79 Å². The van der Waals surface area contributed by atoms with Gasteiger partial charge in [-0.05, 0) is 29.8 Å². The Morgan fingerprint density at radius 1 is 1.35 bits per heavy atom. The summed E-state index contributed by atoms with van der Waals surface area (Å²) in [6, 6.07) is 11.7. The molecule has 0 aliphatic rings. The highest BCUT2D eigenvalue weighted by Crippen LogP contribution is 2.31. The number of amides is 1. The summed E-state index contributed by atoms with van der Waals surface area (Å²) in [5.74, 6) is 0.421. The second-order valence-electron chi connectivity index (χ2n) is 5.22. The molecule has 0 aliphatic carbocycles. The van der Waals surface area contributed by atoms with Crippen molar-refractivity contribution in [2.75, 3.05) is 14.2 Å². The van der Waals surface area contributed by atoms with Gasteiger partial charge in [0.1, 0.15) is 0 Å². The number of rotatable bonds is 5. The lowest BCUT2D eigenvalue weighted by Crippen LogP contribution is -2.21. The first-order valence-corrected chi connectivity index (χ1v) is 7.36. The predicted molar refractivity (Wildman–Crippen MR) is 87.4 cm³/mol. The van der Waals surface area contributed by atoms with Gasteiger partial charge in [0.05, 0.1) is 18.0 Å². The van der Waals surface area contributed by atoms with Crippen LogP contribution in [0.2, 0.25) is 0 Å². The van der Waals surface area contributed by atoms with Crippen LogP contribution >= 0.6 is 0 Å². The first-order chi connectivity index (χ1) is 11.2. The molecule has 23 heavy (non-hydrogen) atoms. The quantitative estimate of drug-likeness (QED) is 0.757. The Bertz CT molecular complexity index is 814. The lowest BCUT2D eigenvalue weighted by Gasteiger charge is -2.16. The van der Waals surface area contributed by atoms with Crippen LogP contribution in [0.5, 0.6) is 5.88 Å². The van der Waals surface area contributed by atoms with E-state index in [-0.39, 0.29) is 11.8 Å². The summed E-state index contributed by atoms with van der Waals surface area (Å²) >= 11 is 0. The molecule has 3 aromatic rings. The largest absolute Gasteiger partial charge is 0.480 e. The van der Waals surface area contributed by atoms with Gasteiger partial charge in [-0.2, -0.15) is 0 Å². The summed E-state index contributed by atoms with van der Waals surface area (Å²) in [7, 11) is 3.23. The van der Waals surface area contributed by atoms with Crippen molar-refractivity contribution >= 4 is 16.8 Å². The first kappa shape index (κ1) is 15.0. The number of hydrogen-bond donors (Lipinski definition) is 2. The van der Waals surface area contributed by atoms with Gasteiger partial charge in [-0.1, -0.05) is 12.1 Å². The van der Waals surface area contributed by atoms with Crippen LogP contribution in [0.4, 0.5) is 0 Å². The van der Waals surface area contributed by atoms with E-state index < -0.39 is 0 Å². The molecule has 118 valence electrons. The fourth-order valence-corrected chi connectivity index (χ4v) is 2.65. The van der Waals surface area contributed by atoms with E-state index in [0.717, 1.165) is 22.2 Å². The fraction of sp³-hybridized carbons (Fsp3) is 0.235. The molecule has 0 aliphatic heterocycles. The molecule has 0 unspecified atom stereocenters. The Morgan fingerprint density at radius 2 is 2.22 bits per heavy atom. The van der Waals surface area contributed by atoms with E-state index in [1.807, 2.05) is 36.4 Å². The van der Waals surface area contributed by atoms with Gasteiger partial charge >= 0.3 is 0 Å². The zero-order chi connectivity index (χ0) is 16.2. The topological polar surface area (TPSA) is 79.9 Å². The molecule has 0 bridgehead atoms.